The van der Waals surface area contributed by atoms with Crippen LogP contribution in [0.4, 0.5) is 0 Å². The molecule has 0 aliphatic carbocycles. The summed E-state index contributed by atoms with van der Waals surface area (Å²) in [6.07, 6.45) is 0. The first-order valence-electron chi connectivity index (χ1n) is 4.07. The number of thiophene rings is 1. The molecule has 0 atom stereocenters. The minimum atomic E-state index is -0.358. The molecule has 78 valence electrons. The van der Waals surface area contributed by atoms with Crippen molar-refractivity contribution < 1.29 is 4.79 Å². The topological polar surface area (TPSA) is 29.1 Å². The molecule has 1 N–H and O–H groups in total. The van der Waals surface area contributed by atoms with E-state index in [1.807, 2.05) is 25.3 Å². The molecular weight excluding hydrogens is 286 g/mol. The molecular formula is C9H11BrClNOS. The third-order valence-corrected chi connectivity index (χ3v) is 4.01. The summed E-state index contributed by atoms with van der Waals surface area (Å²) in [5.41, 5.74) is -0.358. The Morgan fingerprint density at radius 2 is 2.36 bits per heavy atom. The molecule has 0 bridgehead atoms. The Morgan fingerprint density at radius 3 is 2.79 bits per heavy atom. The lowest BCUT2D eigenvalue weighted by Crippen LogP contribution is -2.41. The molecule has 0 saturated carbocycles. The largest absolute Gasteiger partial charge is 0.345 e. The molecule has 2 nitrogen and oxygen atoms in total. The molecule has 5 heteroatoms. The maximum absolute atomic E-state index is 11.2. The summed E-state index contributed by atoms with van der Waals surface area (Å²) in [6, 6.07) is 2.00. The fourth-order valence-corrected chi connectivity index (χ4v) is 2.66. The van der Waals surface area contributed by atoms with E-state index in [0.717, 1.165) is 9.35 Å². The van der Waals surface area contributed by atoms with Gasteiger partial charge in [-0.3, -0.25) is 4.79 Å². The second kappa shape index (κ2) is 4.64. The van der Waals surface area contributed by atoms with E-state index in [1.165, 1.54) is 0 Å². The monoisotopic (exact) mass is 295 g/mol. The maximum Gasteiger partial charge on any atom is 0.235 e. The van der Waals surface area contributed by atoms with Crippen molar-refractivity contribution >= 4 is 44.8 Å². The summed E-state index contributed by atoms with van der Waals surface area (Å²) in [7, 11) is 0. The third-order valence-electron chi connectivity index (χ3n) is 1.76. The van der Waals surface area contributed by atoms with E-state index in [2.05, 4.69) is 21.2 Å². The number of amides is 1. The van der Waals surface area contributed by atoms with Gasteiger partial charge in [0.05, 0.1) is 5.54 Å². The Hall–Kier alpha value is -0.0600. The first-order chi connectivity index (χ1) is 6.45. The lowest BCUT2D eigenvalue weighted by atomic mass is 10.0. The molecule has 1 heterocycles. The van der Waals surface area contributed by atoms with Gasteiger partial charge in [-0.2, -0.15) is 0 Å². The van der Waals surface area contributed by atoms with Crippen LogP contribution in [0.3, 0.4) is 0 Å². The molecule has 0 aliphatic rings. The standard InChI is InChI=1S/C9H11BrClNOS/c1-9(2,12-8(13)4-11)7-3-6(10)5-14-7/h3,5H,4H2,1-2H3,(H,12,13). The predicted octanol–water partition coefficient (Wildman–Crippen LogP) is 3.10. The van der Waals surface area contributed by atoms with E-state index in [0.29, 0.717) is 0 Å². The highest BCUT2D eigenvalue weighted by Gasteiger charge is 2.23. The van der Waals surface area contributed by atoms with Gasteiger partial charge in [-0.25, -0.2) is 0 Å². The normalized spacial score (nSPS) is 11.4. The predicted molar refractivity (Wildman–Crippen MR) is 63.9 cm³/mol. The van der Waals surface area contributed by atoms with Crippen molar-refractivity contribution in [2.75, 3.05) is 5.88 Å². The van der Waals surface area contributed by atoms with Gasteiger partial charge in [0.1, 0.15) is 5.88 Å². The molecule has 0 saturated heterocycles. The highest BCUT2D eigenvalue weighted by atomic mass is 79.9. The van der Waals surface area contributed by atoms with E-state index in [1.54, 1.807) is 11.3 Å². The zero-order valence-electron chi connectivity index (χ0n) is 7.93. The minimum absolute atomic E-state index is 0.00399. The smallest absolute Gasteiger partial charge is 0.235 e. The molecule has 0 unspecified atom stereocenters. The Labute approximate surface area is 101 Å². The number of carbonyl (C=O) groups excluding carboxylic acids is 1. The van der Waals surface area contributed by atoms with Crippen molar-refractivity contribution in [3.8, 4) is 0 Å². The van der Waals surface area contributed by atoms with E-state index < -0.39 is 0 Å². The first kappa shape index (κ1) is 12.0. The van der Waals surface area contributed by atoms with E-state index >= 15 is 0 Å². The van der Waals surface area contributed by atoms with Crippen LogP contribution in [-0.2, 0) is 10.3 Å². The molecule has 1 rings (SSSR count). The van der Waals surface area contributed by atoms with E-state index in [9.17, 15) is 4.79 Å². The summed E-state index contributed by atoms with van der Waals surface area (Å²) < 4.78 is 1.03. The number of alkyl halides is 1. The molecule has 0 radical (unpaired) electrons. The van der Waals surface area contributed by atoms with Gasteiger partial charge in [0.25, 0.3) is 0 Å². The fourth-order valence-electron chi connectivity index (χ4n) is 1.08. The molecule has 1 aromatic heterocycles. The zero-order valence-corrected chi connectivity index (χ0v) is 11.1. The number of rotatable bonds is 3. The number of carbonyl (C=O) groups is 1. The van der Waals surface area contributed by atoms with Crippen molar-refractivity contribution in [1.29, 1.82) is 0 Å². The molecule has 0 aromatic carbocycles. The summed E-state index contributed by atoms with van der Waals surface area (Å²) in [6.45, 7) is 3.91. The van der Waals surface area contributed by atoms with Gasteiger partial charge < -0.3 is 5.32 Å². The van der Waals surface area contributed by atoms with Crippen molar-refractivity contribution in [1.82, 2.24) is 5.32 Å². The van der Waals surface area contributed by atoms with Crippen LogP contribution < -0.4 is 5.32 Å². The zero-order chi connectivity index (χ0) is 10.8. The van der Waals surface area contributed by atoms with Gasteiger partial charge in [0, 0.05) is 14.7 Å². The van der Waals surface area contributed by atoms with Crippen LogP contribution in [0.5, 0.6) is 0 Å². The van der Waals surface area contributed by atoms with E-state index in [4.69, 9.17) is 11.6 Å². The van der Waals surface area contributed by atoms with Crippen LogP contribution in [0.15, 0.2) is 15.9 Å². The van der Waals surface area contributed by atoms with Crippen molar-refractivity contribution in [2.24, 2.45) is 0 Å². The Kier molecular flexibility index (Phi) is 3.98. The van der Waals surface area contributed by atoms with Crippen molar-refractivity contribution in [2.45, 2.75) is 19.4 Å². The van der Waals surface area contributed by atoms with Crippen LogP contribution in [0.2, 0.25) is 0 Å². The molecule has 14 heavy (non-hydrogen) atoms. The second-order valence-corrected chi connectivity index (χ2v) is 5.53. The number of halogens is 2. The SMILES string of the molecule is CC(C)(NC(=O)CCl)c1cc(Br)cs1. The summed E-state index contributed by atoms with van der Waals surface area (Å²) in [5, 5.41) is 4.84. The summed E-state index contributed by atoms with van der Waals surface area (Å²) in [4.78, 5) is 12.3. The first-order valence-corrected chi connectivity index (χ1v) is 6.28. The molecule has 0 aliphatic heterocycles. The lowest BCUT2D eigenvalue weighted by molar-refractivity contribution is -0.120. The highest BCUT2D eigenvalue weighted by Crippen LogP contribution is 2.29. The van der Waals surface area contributed by atoms with Gasteiger partial charge in [-0.1, -0.05) is 0 Å². The third kappa shape index (κ3) is 2.97. The van der Waals surface area contributed by atoms with Crippen LogP contribution in [0, 0.1) is 0 Å². The van der Waals surface area contributed by atoms with Gasteiger partial charge in [0.2, 0.25) is 5.91 Å². The van der Waals surface area contributed by atoms with Gasteiger partial charge in [0.15, 0.2) is 0 Å². The van der Waals surface area contributed by atoms with Crippen LogP contribution in [0.1, 0.15) is 18.7 Å². The maximum atomic E-state index is 11.2. The van der Waals surface area contributed by atoms with Gasteiger partial charge >= 0.3 is 0 Å². The van der Waals surface area contributed by atoms with Gasteiger partial charge in [-0.15, -0.1) is 22.9 Å². The van der Waals surface area contributed by atoms with Crippen LogP contribution >= 0.6 is 38.9 Å². The second-order valence-electron chi connectivity index (χ2n) is 3.44. The van der Waals surface area contributed by atoms with Crippen LogP contribution in [0.25, 0.3) is 0 Å². The van der Waals surface area contributed by atoms with Crippen molar-refractivity contribution in [3.63, 3.8) is 0 Å². The Morgan fingerprint density at radius 1 is 1.71 bits per heavy atom. The number of hydrogen-bond donors (Lipinski definition) is 1. The number of hydrogen-bond acceptors (Lipinski definition) is 2. The van der Waals surface area contributed by atoms with E-state index in [-0.39, 0.29) is 17.3 Å². The Bertz CT molecular complexity index is 337. The molecule has 0 fully saturated rings. The Balaban J connectivity index is 2.79. The van der Waals surface area contributed by atoms with Crippen LogP contribution in [-0.4, -0.2) is 11.8 Å². The average molecular weight is 297 g/mol. The quantitative estimate of drug-likeness (QED) is 0.853. The number of nitrogens with one attached hydrogen (secondary N) is 1. The molecule has 1 amide bonds. The highest BCUT2D eigenvalue weighted by molar-refractivity contribution is 9.10. The molecule has 0 spiro atoms. The van der Waals surface area contributed by atoms with Gasteiger partial charge in [-0.05, 0) is 35.8 Å². The fraction of sp³-hybridized carbons (Fsp3) is 0.444. The summed E-state index contributed by atoms with van der Waals surface area (Å²) in [5.74, 6) is -0.156. The lowest BCUT2D eigenvalue weighted by Gasteiger charge is -2.24. The minimum Gasteiger partial charge on any atom is -0.345 e. The molecule has 1 aromatic rings. The van der Waals surface area contributed by atoms with Crippen molar-refractivity contribution in [3.05, 3.63) is 20.8 Å². The average Bonchev–Trinajstić information content (AvgIpc) is 2.51. The summed E-state index contributed by atoms with van der Waals surface area (Å²) >= 11 is 10.4.